The highest BCUT2D eigenvalue weighted by atomic mass is 16.6. The quantitative estimate of drug-likeness (QED) is 0.253. The van der Waals surface area contributed by atoms with Crippen LogP contribution in [0.25, 0.3) is 21.8 Å². The molecule has 0 unspecified atom stereocenters. The van der Waals surface area contributed by atoms with E-state index < -0.39 is 4.92 Å². The van der Waals surface area contributed by atoms with Gasteiger partial charge in [0.2, 0.25) is 0 Å². The first-order chi connectivity index (χ1) is 10.6. The molecule has 1 aromatic heterocycles. The molecule has 0 saturated heterocycles. The minimum atomic E-state index is -0.486. The van der Waals surface area contributed by atoms with E-state index in [9.17, 15) is 10.1 Å². The molecule has 3 N–H and O–H groups in total. The van der Waals surface area contributed by atoms with Crippen molar-refractivity contribution in [2.75, 3.05) is 5.73 Å². The molecule has 0 aliphatic carbocycles. The first-order valence-electron chi connectivity index (χ1n) is 6.67. The van der Waals surface area contributed by atoms with Gasteiger partial charge < -0.3 is 10.8 Å². The summed E-state index contributed by atoms with van der Waals surface area (Å²) in [5.41, 5.74) is 7.74. The first kappa shape index (κ1) is 13.8. The molecule has 0 fully saturated rings. The fraction of sp³-hybridized carbons (Fsp3) is 0.0625. The summed E-state index contributed by atoms with van der Waals surface area (Å²) >= 11 is 0. The zero-order valence-corrected chi connectivity index (χ0v) is 11.6. The van der Waals surface area contributed by atoms with Crippen LogP contribution in [-0.4, -0.2) is 15.0 Å². The summed E-state index contributed by atoms with van der Waals surface area (Å²) in [6.45, 7) is 0. The molecule has 0 bridgehead atoms. The lowest BCUT2D eigenvalue weighted by Crippen LogP contribution is -2.00. The highest BCUT2D eigenvalue weighted by molar-refractivity contribution is 6.04. The highest BCUT2D eigenvalue weighted by Gasteiger charge is 2.21. The third-order valence-corrected chi connectivity index (χ3v) is 3.57. The van der Waals surface area contributed by atoms with Crippen molar-refractivity contribution >= 4 is 33.2 Å². The van der Waals surface area contributed by atoms with Crippen molar-refractivity contribution in [2.24, 2.45) is 0 Å². The van der Waals surface area contributed by atoms with Gasteiger partial charge >= 0.3 is 5.69 Å². The standard InChI is InChI=1S/C16H13N3O3/c17-12-7-8-14-15(16(12)19(21)22)11(5-3-9-20)10-4-1-2-6-13(10)18-14/h1-4,6-9,20H,5,17H2. The fourth-order valence-corrected chi connectivity index (χ4v) is 2.66. The van der Waals surface area contributed by atoms with Gasteiger partial charge in [0.15, 0.2) is 0 Å². The van der Waals surface area contributed by atoms with E-state index in [1.54, 1.807) is 6.07 Å². The molecule has 1 heterocycles. The normalized spacial score (nSPS) is 11.5. The van der Waals surface area contributed by atoms with Gasteiger partial charge in [-0.2, -0.15) is 0 Å². The Bertz CT molecular complexity index is 919. The van der Waals surface area contributed by atoms with Crippen LogP contribution in [0.2, 0.25) is 0 Å². The smallest absolute Gasteiger partial charge is 0.301 e. The number of nitrogens with two attached hydrogens (primary N) is 1. The van der Waals surface area contributed by atoms with Gasteiger partial charge in [0.05, 0.1) is 27.6 Å². The van der Waals surface area contributed by atoms with Crippen LogP contribution >= 0.6 is 0 Å². The molecule has 0 aliphatic heterocycles. The number of rotatable bonds is 3. The molecule has 0 saturated carbocycles. The molecule has 110 valence electrons. The number of pyridine rings is 1. The molecule has 22 heavy (non-hydrogen) atoms. The Morgan fingerprint density at radius 2 is 2.00 bits per heavy atom. The van der Waals surface area contributed by atoms with Crippen LogP contribution in [0.3, 0.4) is 0 Å². The molecule has 3 aromatic rings. The van der Waals surface area contributed by atoms with Crippen LogP contribution in [0.15, 0.2) is 48.7 Å². The van der Waals surface area contributed by atoms with Crippen molar-refractivity contribution in [3.63, 3.8) is 0 Å². The summed E-state index contributed by atoms with van der Waals surface area (Å²) in [4.78, 5) is 15.4. The Kier molecular flexibility index (Phi) is 3.34. The van der Waals surface area contributed by atoms with Crippen molar-refractivity contribution in [3.8, 4) is 0 Å². The molecule has 0 atom stereocenters. The number of aliphatic hydroxyl groups is 1. The van der Waals surface area contributed by atoms with E-state index in [0.717, 1.165) is 22.7 Å². The van der Waals surface area contributed by atoms with E-state index in [2.05, 4.69) is 4.98 Å². The third-order valence-electron chi connectivity index (χ3n) is 3.57. The van der Waals surface area contributed by atoms with Crippen molar-refractivity contribution in [1.29, 1.82) is 0 Å². The number of nitro benzene ring substituents is 1. The molecule has 0 radical (unpaired) electrons. The fourth-order valence-electron chi connectivity index (χ4n) is 2.66. The van der Waals surface area contributed by atoms with E-state index in [-0.39, 0.29) is 11.4 Å². The number of aromatic nitrogens is 1. The van der Waals surface area contributed by atoms with Gasteiger partial charge in [-0.25, -0.2) is 4.98 Å². The lowest BCUT2D eigenvalue weighted by atomic mass is 9.98. The van der Waals surface area contributed by atoms with Gasteiger partial charge in [0, 0.05) is 5.39 Å². The van der Waals surface area contributed by atoms with Crippen LogP contribution in [-0.2, 0) is 6.42 Å². The number of benzene rings is 2. The number of nitro groups is 1. The number of nitrogens with zero attached hydrogens (tertiary/aromatic N) is 2. The SMILES string of the molecule is Nc1ccc2nc3ccccc3c(CC=CO)c2c1[N+](=O)[O-]. The van der Waals surface area contributed by atoms with Gasteiger partial charge in [-0.05, 0) is 36.3 Å². The predicted octanol–water partition coefficient (Wildman–Crippen LogP) is 3.49. The number of allylic oxidation sites excluding steroid dienone is 1. The van der Waals surface area contributed by atoms with Crippen LogP contribution in [0, 0.1) is 10.1 Å². The average Bonchev–Trinajstić information content (AvgIpc) is 2.51. The Labute approximate surface area is 125 Å². The largest absolute Gasteiger partial charge is 0.516 e. The van der Waals surface area contributed by atoms with Gasteiger partial charge in [0.25, 0.3) is 0 Å². The predicted molar refractivity (Wildman–Crippen MR) is 85.8 cm³/mol. The number of hydrogen-bond donors (Lipinski definition) is 2. The molecule has 0 aliphatic rings. The van der Waals surface area contributed by atoms with Crippen LogP contribution in [0.4, 0.5) is 11.4 Å². The molecule has 2 aromatic carbocycles. The monoisotopic (exact) mass is 295 g/mol. The summed E-state index contributed by atoms with van der Waals surface area (Å²) in [6, 6.07) is 10.6. The Hall–Kier alpha value is -3.15. The number of para-hydroxylation sites is 1. The summed E-state index contributed by atoms with van der Waals surface area (Å²) in [5.74, 6) is 0. The van der Waals surface area contributed by atoms with Crippen molar-refractivity contribution in [1.82, 2.24) is 4.98 Å². The molecule has 6 heteroatoms. The van der Waals surface area contributed by atoms with Crippen LogP contribution in [0.1, 0.15) is 5.56 Å². The van der Waals surface area contributed by atoms with E-state index >= 15 is 0 Å². The van der Waals surface area contributed by atoms with Crippen LogP contribution < -0.4 is 5.73 Å². The van der Waals surface area contributed by atoms with Gasteiger partial charge in [0.1, 0.15) is 5.69 Å². The zero-order chi connectivity index (χ0) is 15.7. The summed E-state index contributed by atoms with van der Waals surface area (Å²) in [5, 5.41) is 21.6. The minimum absolute atomic E-state index is 0.101. The number of hydrogen-bond acceptors (Lipinski definition) is 5. The number of aliphatic hydroxyl groups excluding tert-OH is 1. The third kappa shape index (κ3) is 2.10. The highest BCUT2D eigenvalue weighted by Crippen LogP contribution is 2.36. The maximum atomic E-state index is 11.4. The second-order valence-electron chi connectivity index (χ2n) is 4.85. The molecule has 3 rings (SSSR count). The summed E-state index contributed by atoms with van der Waals surface area (Å²) < 4.78 is 0. The second kappa shape index (κ2) is 5.33. The Morgan fingerprint density at radius 3 is 2.73 bits per heavy atom. The second-order valence-corrected chi connectivity index (χ2v) is 4.85. The summed E-state index contributed by atoms with van der Waals surface area (Å²) in [6.07, 6.45) is 2.81. The Balaban J connectivity index is 2.53. The van der Waals surface area contributed by atoms with Crippen LogP contribution in [0.5, 0.6) is 0 Å². The van der Waals surface area contributed by atoms with E-state index in [4.69, 9.17) is 10.8 Å². The number of anilines is 1. The van der Waals surface area contributed by atoms with Crippen molar-refractivity contribution in [3.05, 3.63) is 64.4 Å². The average molecular weight is 295 g/mol. The van der Waals surface area contributed by atoms with Gasteiger partial charge in [-0.1, -0.05) is 18.2 Å². The maximum Gasteiger partial charge on any atom is 0.301 e. The number of fused-ring (bicyclic) bond motifs is 2. The Morgan fingerprint density at radius 1 is 1.23 bits per heavy atom. The topological polar surface area (TPSA) is 102 Å². The zero-order valence-electron chi connectivity index (χ0n) is 11.6. The van der Waals surface area contributed by atoms with E-state index in [1.165, 1.54) is 12.1 Å². The number of nitrogen functional groups attached to an aromatic ring is 1. The molecule has 0 amide bonds. The van der Waals surface area contributed by atoms with E-state index in [1.807, 2.05) is 24.3 Å². The lowest BCUT2D eigenvalue weighted by Gasteiger charge is -2.10. The lowest BCUT2D eigenvalue weighted by molar-refractivity contribution is -0.382. The van der Waals surface area contributed by atoms with Crippen molar-refractivity contribution < 1.29 is 10.0 Å². The molecule has 0 spiro atoms. The van der Waals surface area contributed by atoms with Gasteiger partial charge in [-0.3, -0.25) is 10.1 Å². The maximum absolute atomic E-state index is 11.4. The molecular weight excluding hydrogens is 282 g/mol. The first-order valence-corrected chi connectivity index (χ1v) is 6.67. The summed E-state index contributed by atoms with van der Waals surface area (Å²) in [7, 11) is 0. The molecule has 6 nitrogen and oxygen atoms in total. The van der Waals surface area contributed by atoms with Gasteiger partial charge in [-0.15, -0.1) is 0 Å². The van der Waals surface area contributed by atoms with E-state index in [0.29, 0.717) is 17.3 Å². The molecular formula is C16H13N3O3. The minimum Gasteiger partial charge on any atom is -0.516 e. The van der Waals surface area contributed by atoms with Crippen molar-refractivity contribution in [2.45, 2.75) is 6.42 Å².